The van der Waals surface area contributed by atoms with Gasteiger partial charge in [-0.05, 0) is 44.0 Å². The van der Waals surface area contributed by atoms with E-state index in [1.54, 1.807) is 6.92 Å². The Kier molecular flexibility index (Phi) is 4.50. The summed E-state index contributed by atoms with van der Waals surface area (Å²) in [6.45, 7) is 6.05. The lowest BCUT2D eigenvalue weighted by molar-refractivity contribution is 0.516. The highest BCUT2D eigenvalue weighted by Gasteiger charge is 2.13. The highest BCUT2D eigenvalue weighted by Crippen LogP contribution is 2.21. The molecule has 0 amide bonds. The Morgan fingerprint density at radius 1 is 1.05 bits per heavy atom. The van der Waals surface area contributed by atoms with Crippen LogP contribution in [0.2, 0.25) is 0 Å². The van der Waals surface area contributed by atoms with Crippen molar-refractivity contribution < 1.29 is 8.78 Å². The topological polar surface area (TPSA) is 12.0 Å². The molecule has 2 rings (SSSR count). The van der Waals surface area contributed by atoms with Crippen molar-refractivity contribution >= 4 is 0 Å². The lowest BCUT2D eigenvalue weighted by Crippen LogP contribution is -2.19. The molecule has 1 N–H and O–H groups in total. The molecule has 0 saturated heterocycles. The zero-order valence-corrected chi connectivity index (χ0v) is 12.0. The van der Waals surface area contributed by atoms with E-state index in [1.165, 1.54) is 17.7 Å². The van der Waals surface area contributed by atoms with Crippen LogP contribution in [0.5, 0.6) is 0 Å². The van der Waals surface area contributed by atoms with Gasteiger partial charge in [-0.25, -0.2) is 8.78 Å². The van der Waals surface area contributed by atoms with E-state index >= 15 is 0 Å². The smallest absolute Gasteiger partial charge is 0.128 e. The number of halogens is 2. The second kappa shape index (κ2) is 6.14. The van der Waals surface area contributed by atoms with Gasteiger partial charge in [0.25, 0.3) is 0 Å². The van der Waals surface area contributed by atoms with Crippen LogP contribution in [0.3, 0.4) is 0 Å². The Hall–Kier alpha value is -1.74. The summed E-state index contributed by atoms with van der Waals surface area (Å²) < 4.78 is 27.4. The van der Waals surface area contributed by atoms with Gasteiger partial charge in [-0.15, -0.1) is 0 Å². The summed E-state index contributed by atoms with van der Waals surface area (Å²) >= 11 is 0. The maximum absolute atomic E-state index is 13.9. The number of hydrogen-bond acceptors (Lipinski definition) is 1. The molecule has 1 atom stereocenters. The highest BCUT2D eigenvalue weighted by molar-refractivity contribution is 5.28. The standard InChI is InChI=1S/C17H19F2N/c1-11-5-4-6-14(7-11)10-20-13(3)15-9-16(18)12(2)8-17(15)19/h4-9,13,20H,10H2,1-3H3. The van der Waals surface area contributed by atoms with Crippen molar-refractivity contribution in [3.05, 3.63) is 70.3 Å². The van der Waals surface area contributed by atoms with Crippen LogP contribution in [0.4, 0.5) is 8.78 Å². The van der Waals surface area contributed by atoms with E-state index in [1.807, 2.05) is 32.0 Å². The van der Waals surface area contributed by atoms with Gasteiger partial charge in [0.05, 0.1) is 0 Å². The average molecular weight is 275 g/mol. The van der Waals surface area contributed by atoms with E-state index < -0.39 is 0 Å². The van der Waals surface area contributed by atoms with Gasteiger partial charge < -0.3 is 5.32 Å². The molecule has 106 valence electrons. The van der Waals surface area contributed by atoms with Gasteiger partial charge in [0, 0.05) is 18.2 Å². The predicted octanol–water partition coefficient (Wildman–Crippen LogP) is 4.43. The van der Waals surface area contributed by atoms with Gasteiger partial charge >= 0.3 is 0 Å². The van der Waals surface area contributed by atoms with Crippen molar-refractivity contribution in [2.24, 2.45) is 0 Å². The van der Waals surface area contributed by atoms with Crippen LogP contribution in [-0.2, 0) is 6.54 Å². The van der Waals surface area contributed by atoms with Gasteiger partial charge in [0.2, 0.25) is 0 Å². The Morgan fingerprint density at radius 2 is 1.80 bits per heavy atom. The van der Waals surface area contributed by atoms with Gasteiger partial charge in [0.15, 0.2) is 0 Å². The fraction of sp³-hybridized carbons (Fsp3) is 0.294. The summed E-state index contributed by atoms with van der Waals surface area (Å²) in [5.74, 6) is -0.737. The van der Waals surface area contributed by atoms with Gasteiger partial charge in [-0.1, -0.05) is 29.8 Å². The third-order valence-electron chi connectivity index (χ3n) is 3.44. The first-order chi connectivity index (χ1) is 9.47. The molecule has 1 nitrogen and oxygen atoms in total. The first-order valence-corrected chi connectivity index (χ1v) is 6.72. The van der Waals surface area contributed by atoms with Crippen molar-refractivity contribution in [2.75, 3.05) is 0 Å². The van der Waals surface area contributed by atoms with E-state index in [4.69, 9.17) is 0 Å². The molecule has 0 fully saturated rings. The van der Waals surface area contributed by atoms with E-state index in [9.17, 15) is 8.78 Å². The number of aryl methyl sites for hydroxylation is 2. The molecule has 0 radical (unpaired) electrons. The van der Waals surface area contributed by atoms with Crippen molar-refractivity contribution in [3.8, 4) is 0 Å². The van der Waals surface area contributed by atoms with Crippen LogP contribution < -0.4 is 5.32 Å². The van der Waals surface area contributed by atoms with Crippen LogP contribution in [0.25, 0.3) is 0 Å². The Morgan fingerprint density at radius 3 is 2.50 bits per heavy atom. The fourth-order valence-corrected chi connectivity index (χ4v) is 2.20. The lowest BCUT2D eigenvalue weighted by atomic mass is 10.0. The van der Waals surface area contributed by atoms with Crippen LogP contribution >= 0.6 is 0 Å². The SMILES string of the molecule is Cc1cccc(CNC(C)c2cc(F)c(C)cc2F)c1. The van der Waals surface area contributed by atoms with Crippen molar-refractivity contribution in [2.45, 2.75) is 33.4 Å². The van der Waals surface area contributed by atoms with Crippen LogP contribution in [0, 0.1) is 25.5 Å². The van der Waals surface area contributed by atoms with E-state index in [-0.39, 0.29) is 17.7 Å². The maximum Gasteiger partial charge on any atom is 0.128 e. The molecular weight excluding hydrogens is 256 g/mol. The molecule has 2 aromatic rings. The number of benzene rings is 2. The van der Waals surface area contributed by atoms with E-state index in [0.29, 0.717) is 17.7 Å². The first-order valence-electron chi connectivity index (χ1n) is 6.72. The minimum absolute atomic E-state index is 0.245. The molecular formula is C17H19F2N. The van der Waals surface area contributed by atoms with Crippen LogP contribution in [0.1, 0.15) is 35.2 Å². The Balaban J connectivity index is 2.09. The van der Waals surface area contributed by atoms with Gasteiger partial charge in [-0.3, -0.25) is 0 Å². The highest BCUT2D eigenvalue weighted by atomic mass is 19.1. The van der Waals surface area contributed by atoms with Crippen LogP contribution in [-0.4, -0.2) is 0 Å². The second-order valence-corrected chi connectivity index (χ2v) is 5.21. The molecule has 0 spiro atoms. The predicted molar refractivity (Wildman–Crippen MR) is 77.5 cm³/mol. The molecule has 3 heteroatoms. The summed E-state index contributed by atoms with van der Waals surface area (Å²) in [6.07, 6.45) is 0. The monoisotopic (exact) mass is 275 g/mol. The molecule has 0 aromatic heterocycles. The lowest BCUT2D eigenvalue weighted by Gasteiger charge is -2.16. The maximum atomic E-state index is 13.9. The van der Waals surface area contributed by atoms with Gasteiger partial charge in [0.1, 0.15) is 11.6 Å². The first kappa shape index (κ1) is 14.7. The summed E-state index contributed by atoms with van der Waals surface area (Å²) in [5.41, 5.74) is 3.01. The third kappa shape index (κ3) is 3.42. The molecule has 0 aliphatic carbocycles. The van der Waals surface area contributed by atoms with E-state index in [2.05, 4.69) is 11.4 Å². The molecule has 0 heterocycles. The molecule has 0 bridgehead atoms. The van der Waals surface area contributed by atoms with Crippen molar-refractivity contribution in [1.82, 2.24) is 5.32 Å². The molecule has 20 heavy (non-hydrogen) atoms. The van der Waals surface area contributed by atoms with Crippen molar-refractivity contribution in [1.29, 1.82) is 0 Å². The Bertz CT molecular complexity index is 608. The molecule has 1 unspecified atom stereocenters. The molecule has 0 aliphatic heterocycles. The average Bonchev–Trinajstić information content (AvgIpc) is 2.40. The number of nitrogens with one attached hydrogen (secondary N) is 1. The van der Waals surface area contributed by atoms with Crippen molar-refractivity contribution in [3.63, 3.8) is 0 Å². The summed E-state index contributed by atoms with van der Waals surface area (Å²) in [6, 6.07) is 10.4. The summed E-state index contributed by atoms with van der Waals surface area (Å²) in [4.78, 5) is 0. The quantitative estimate of drug-likeness (QED) is 0.870. The molecule has 0 aliphatic rings. The Labute approximate surface area is 118 Å². The summed E-state index contributed by atoms with van der Waals surface area (Å²) in [5, 5.41) is 3.22. The largest absolute Gasteiger partial charge is 0.306 e. The number of hydrogen-bond donors (Lipinski definition) is 1. The van der Waals surface area contributed by atoms with Crippen LogP contribution in [0.15, 0.2) is 36.4 Å². The second-order valence-electron chi connectivity index (χ2n) is 5.21. The molecule has 0 saturated carbocycles. The number of rotatable bonds is 4. The van der Waals surface area contributed by atoms with Gasteiger partial charge in [-0.2, -0.15) is 0 Å². The zero-order chi connectivity index (χ0) is 14.7. The third-order valence-corrected chi connectivity index (χ3v) is 3.44. The fourth-order valence-electron chi connectivity index (χ4n) is 2.20. The minimum Gasteiger partial charge on any atom is -0.306 e. The zero-order valence-electron chi connectivity index (χ0n) is 12.0. The van der Waals surface area contributed by atoms with E-state index in [0.717, 1.165) is 5.56 Å². The summed E-state index contributed by atoms with van der Waals surface area (Å²) in [7, 11) is 0. The molecule has 2 aromatic carbocycles. The normalized spacial score (nSPS) is 12.4. The minimum atomic E-state index is -0.370.